The first-order valence-corrected chi connectivity index (χ1v) is 8.10. The summed E-state index contributed by atoms with van der Waals surface area (Å²) in [7, 11) is 1.43. The molecule has 0 aliphatic heterocycles. The molecule has 0 fully saturated rings. The van der Waals surface area contributed by atoms with Crippen molar-refractivity contribution in [2.75, 3.05) is 20.3 Å². The van der Waals surface area contributed by atoms with E-state index in [1.54, 1.807) is 13.8 Å². The molecular formula is C18H27NO5. The molecule has 134 valence electrons. The number of carbonyl (C=O) groups excluding carboxylic acids is 1. The van der Waals surface area contributed by atoms with Crippen molar-refractivity contribution in [1.82, 2.24) is 4.90 Å². The molecule has 0 radical (unpaired) electrons. The summed E-state index contributed by atoms with van der Waals surface area (Å²) in [6.07, 6.45) is -0.0276. The van der Waals surface area contributed by atoms with E-state index in [-0.39, 0.29) is 25.7 Å². The van der Waals surface area contributed by atoms with Crippen LogP contribution in [0.2, 0.25) is 0 Å². The van der Waals surface area contributed by atoms with Crippen LogP contribution in [0.1, 0.15) is 32.8 Å². The van der Waals surface area contributed by atoms with Crippen LogP contribution in [0.3, 0.4) is 0 Å². The molecule has 0 saturated heterocycles. The Balaban J connectivity index is 3.03. The van der Waals surface area contributed by atoms with Crippen LogP contribution in [0, 0.1) is 5.92 Å². The number of hydrogen-bond donors (Lipinski definition) is 1. The van der Waals surface area contributed by atoms with Crippen molar-refractivity contribution in [3.05, 3.63) is 35.9 Å². The van der Waals surface area contributed by atoms with Crippen molar-refractivity contribution in [3.8, 4) is 0 Å². The van der Waals surface area contributed by atoms with Crippen molar-refractivity contribution in [2.24, 2.45) is 5.92 Å². The van der Waals surface area contributed by atoms with Gasteiger partial charge in [-0.15, -0.1) is 0 Å². The lowest BCUT2D eigenvalue weighted by molar-refractivity contribution is -0.158. The van der Waals surface area contributed by atoms with Gasteiger partial charge < -0.3 is 14.6 Å². The van der Waals surface area contributed by atoms with Crippen LogP contribution in [-0.2, 0) is 20.9 Å². The van der Waals surface area contributed by atoms with E-state index in [1.165, 1.54) is 12.0 Å². The number of carboxylic acids is 1. The summed E-state index contributed by atoms with van der Waals surface area (Å²) in [4.78, 5) is 25.9. The Bertz CT molecular complexity index is 531. The minimum absolute atomic E-state index is 0.0968. The molecule has 0 aromatic heterocycles. The van der Waals surface area contributed by atoms with Gasteiger partial charge in [-0.2, -0.15) is 0 Å². The van der Waals surface area contributed by atoms with Crippen LogP contribution < -0.4 is 0 Å². The number of amides is 1. The number of carbonyl (C=O) groups is 2. The largest absolute Gasteiger partial charge is 0.479 e. The minimum atomic E-state index is -1.46. The van der Waals surface area contributed by atoms with Gasteiger partial charge in [-0.3, -0.25) is 4.90 Å². The van der Waals surface area contributed by atoms with Gasteiger partial charge in [0.05, 0.1) is 6.61 Å². The number of ether oxygens (including phenoxy) is 2. The Morgan fingerprint density at radius 2 is 1.88 bits per heavy atom. The SMILES string of the molecule is CCCN(C(=O)OCc1ccccc1)C(COC)(C(=O)O)C(C)C. The molecule has 0 saturated carbocycles. The maximum absolute atomic E-state index is 12.6. The van der Waals surface area contributed by atoms with Gasteiger partial charge in [0.25, 0.3) is 0 Å². The van der Waals surface area contributed by atoms with Crippen LogP contribution in [0.4, 0.5) is 4.79 Å². The van der Waals surface area contributed by atoms with Crippen LogP contribution >= 0.6 is 0 Å². The predicted molar refractivity (Wildman–Crippen MR) is 90.7 cm³/mol. The van der Waals surface area contributed by atoms with E-state index in [9.17, 15) is 14.7 Å². The number of aliphatic carboxylic acids is 1. The van der Waals surface area contributed by atoms with Gasteiger partial charge in [0.1, 0.15) is 6.61 Å². The van der Waals surface area contributed by atoms with Gasteiger partial charge in [-0.05, 0) is 17.9 Å². The normalized spacial score (nSPS) is 13.4. The number of carboxylic acid groups (broad SMARTS) is 1. The number of rotatable bonds is 9. The molecule has 1 N–H and O–H groups in total. The monoisotopic (exact) mass is 337 g/mol. The minimum Gasteiger partial charge on any atom is -0.479 e. The molecule has 1 aromatic carbocycles. The fourth-order valence-electron chi connectivity index (χ4n) is 2.67. The Morgan fingerprint density at radius 1 is 1.25 bits per heavy atom. The fraction of sp³-hybridized carbons (Fsp3) is 0.556. The summed E-state index contributed by atoms with van der Waals surface area (Å²) in [5, 5.41) is 9.83. The molecular weight excluding hydrogens is 310 g/mol. The zero-order chi connectivity index (χ0) is 18.2. The predicted octanol–water partition coefficient (Wildman–Crippen LogP) is 3.16. The first kappa shape index (κ1) is 20.0. The molecule has 0 aliphatic carbocycles. The molecule has 0 aliphatic rings. The number of benzene rings is 1. The van der Waals surface area contributed by atoms with Gasteiger partial charge in [0, 0.05) is 13.7 Å². The number of hydrogen-bond acceptors (Lipinski definition) is 4. The van der Waals surface area contributed by atoms with E-state index in [4.69, 9.17) is 9.47 Å². The third kappa shape index (κ3) is 4.47. The molecule has 0 spiro atoms. The maximum atomic E-state index is 12.6. The molecule has 0 heterocycles. The highest BCUT2D eigenvalue weighted by molar-refractivity contribution is 5.85. The Morgan fingerprint density at radius 3 is 2.33 bits per heavy atom. The third-order valence-corrected chi connectivity index (χ3v) is 4.04. The van der Waals surface area contributed by atoms with Crippen molar-refractivity contribution in [1.29, 1.82) is 0 Å². The van der Waals surface area contributed by atoms with Gasteiger partial charge in [0.15, 0.2) is 5.54 Å². The Labute approximate surface area is 143 Å². The molecule has 6 nitrogen and oxygen atoms in total. The summed E-state index contributed by atoms with van der Waals surface area (Å²) in [5.74, 6) is -1.43. The van der Waals surface area contributed by atoms with Gasteiger partial charge in [-0.25, -0.2) is 9.59 Å². The van der Waals surface area contributed by atoms with Gasteiger partial charge in [-0.1, -0.05) is 51.1 Å². The smallest absolute Gasteiger partial charge is 0.411 e. The second kappa shape index (κ2) is 9.27. The third-order valence-electron chi connectivity index (χ3n) is 4.04. The van der Waals surface area contributed by atoms with E-state index in [1.807, 2.05) is 37.3 Å². The lowest BCUT2D eigenvalue weighted by Gasteiger charge is -2.42. The lowest BCUT2D eigenvalue weighted by Crippen LogP contribution is -2.63. The topological polar surface area (TPSA) is 76.1 Å². The molecule has 1 unspecified atom stereocenters. The Hall–Kier alpha value is -2.08. The number of methoxy groups -OCH3 is 1. The second-order valence-corrected chi connectivity index (χ2v) is 6.01. The summed E-state index contributed by atoms with van der Waals surface area (Å²) >= 11 is 0. The summed E-state index contributed by atoms with van der Waals surface area (Å²) < 4.78 is 10.5. The van der Waals surface area contributed by atoms with E-state index in [0.717, 1.165) is 5.56 Å². The Kier molecular flexibility index (Phi) is 7.71. The van der Waals surface area contributed by atoms with Crippen molar-refractivity contribution in [3.63, 3.8) is 0 Å². The van der Waals surface area contributed by atoms with Crippen molar-refractivity contribution in [2.45, 2.75) is 39.3 Å². The summed E-state index contributed by atoms with van der Waals surface area (Å²) in [5.41, 5.74) is -0.613. The molecule has 1 amide bonds. The molecule has 6 heteroatoms. The van der Waals surface area contributed by atoms with Crippen LogP contribution in [0.15, 0.2) is 30.3 Å². The van der Waals surface area contributed by atoms with Crippen molar-refractivity contribution < 1.29 is 24.2 Å². The van der Waals surface area contributed by atoms with E-state index in [2.05, 4.69) is 0 Å². The second-order valence-electron chi connectivity index (χ2n) is 6.01. The molecule has 1 aromatic rings. The highest BCUT2D eigenvalue weighted by atomic mass is 16.6. The zero-order valence-corrected chi connectivity index (χ0v) is 14.8. The molecule has 24 heavy (non-hydrogen) atoms. The highest BCUT2D eigenvalue weighted by Gasteiger charge is 2.50. The quantitative estimate of drug-likeness (QED) is 0.749. The van der Waals surface area contributed by atoms with E-state index >= 15 is 0 Å². The maximum Gasteiger partial charge on any atom is 0.411 e. The first-order valence-electron chi connectivity index (χ1n) is 8.10. The lowest BCUT2D eigenvalue weighted by atomic mass is 9.85. The van der Waals surface area contributed by atoms with Crippen LogP contribution in [-0.4, -0.2) is 47.9 Å². The van der Waals surface area contributed by atoms with Gasteiger partial charge in [0.2, 0.25) is 0 Å². The van der Waals surface area contributed by atoms with Crippen LogP contribution in [0.25, 0.3) is 0 Å². The molecule has 1 atom stereocenters. The fourth-order valence-corrected chi connectivity index (χ4v) is 2.67. The van der Waals surface area contributed by atoms with E-state index in [0.29, 0.717) is 6.42 Å². The average molecular weight is 337 g/mol. The molecule has 1 rings (SSSR count). The standard InChI is InChI=1S/C18H27NO5/c1-5-11-19(18(13-23-4,14(2)3)16(20)21)17(22)24-12-15-9-7-6-8-10-15/h6-10,14H,5,11-13H2,1-4H3,(H,20,21). The van der Waals surface area contributed by atoms with E-state index < -0.39 is 17.6 Å². The number of nitrogens with zero attached hydrogens (tertiary/aromatic N) is 1. The van der Waals surface area contributed by atoms with Crippen LogP contribution in [0.5, 0.6) is 0 Å². The van der Waals surface area contributed by atoms with Crippen molar-refractivity contribution >= 4 is 12.1 Å². The summed E-state index contributed by atoms with van der Waals surface area (Å²) in [6, 6.07) is 9.28. The van der Waals surface area contributed by atoms with Gasteiger partial charge >= 0.3 is 12.1 Å². The summed E-state index contributed by atoms with van der Waals surface area (Å²) in [6.45, 7) is 5.69. The first-order chi connectivity index (χ1) is 11.4. The average Bonchev–Trinajstić information content (AvgIpc) is 2.56. The molecule has 0 bridgehead atoms. The highest BCUT2D eigenvalue weighted by Crippen LogP contribution is 2.28. The zero-order valence-electron chi connectivity index (χ0n) is 14.8.